The molecule has 0 aromatic heterocycles. The second-order valence-electron chi connectivity index (χ2n) is 3.59. The molecular weight excluding hydrogens is 177 g/mol. The Morgan fingerprint density at radius 3 is 2.79 bits per heavy atom. The van der Waals surface area contributed by atoms with E-state index >= 15 is 0 Å². The normalized spacial score (nSPS) is 15.6. The maximum atomic E-state index is 13.1. The predicted octanol–water partition coefficient (Wildman–Crippen LogP) is 1.71. The van der Waals surface area contributed by atoms with Gasteiger partial charge in [-0.25, -0.2) is 4.39 Å². The van der Waals surface area contributed by atoms with Crippen molar-refractivity contribution in [1.82, 2.24) is 5.32 Å². The number of hydrogen-bond acceptors (Lipinski definition) is 1. The summed E-state index contributed by atoms with van der Waals surface area (Å²) in [6.45, 7) is 3.67. The summed E-state index contributed by atoms with van der Waals surface area (Å²) in [6, 6.07) is 5.12. The third-order valence-electron chi connectivity index (χ3n) is 2.37. The van der Waals surface area contributed by atoms with E-state index in [1.807, 2.05) is 6.07 Å². The molecule has 1 nitrogen and oxygen atoms in total. The van der Waals surface area contributed by atoms with Gasteiger partial charge in [-0.05, 0) is 24.6 Å². The molecule has 1 aliphatic heterocycles. The Morgan fingerprint density at radius 1 is 1.43 bits per heavy atom. The maximum Gasteiger partial charge on any atom is 0.127 e. The average molecular weight is 189 g/mol. The van der Waals surface area contributed by atoms with Crippen LogP contribution in [-0.4, -0.2) is 13.1 Å². The minimum atomic E-state index is -0.177. The summed E-state index contributed by atoms with van der Waals surface area (Å²) in [4.78, 5) is 0. The van der Waals surface area contributed by atoms with Gasteiger partial charge in [-0.2, -0.15) is 0 Å². The van der Waals surface area contributed by atoms with Gasteiger partial charge in [0.15, 0.2) is 0 Å². The molecule has 72 valence electrons. The highest BCUT2D eigenvalue weighted by molar-refractivity contribution is 5.37. The van der Waals surface area contributed by atoms with Crippen LogP contribution in [0.5, 0.6) is 0 Å². The second-order valence-corrected chi connectivity index (χ2v) is 3.59. The number of benzene rings is 1. The van der Waals surface area contributed by atoms with Gasteiger partial charge >= 0.3 is 0 Å². The van der Waals surface area contributed by atoms with E-state index in [1.54, 1.807) is 13.0 Å². The van der Waals surface area contributed by atoms with Crippen LogP contribution in [0.2, 0.25) is 0 Å². The molecule has 0 aliphatic carbocycles. The van der Waals surface area contributed by atoms with E-state index in [9.17, 15) is 4.39 Å². The highest BCUT2D eigenvalue weighted by atomic mass is 19.1. The summed E-state index contributed by atoms with van der Waals surface area (Å²) in [6.07, 6.45) is 0. The average Bonchev–Trinajstić information content (AvgIpc) is 2.08. The van der Waals surface area contributed by atoms with Crippen molar-refractivity contribution >= 4 is 0 Å². The first kappa shape index (κ1) is 9.23. The zero-order valence-electron chi connectivity index (χ0n) is 8.10. The summed E-state index contributed by atoms with van der Waals surface area (Å²) in [5.41, 5.74) is 1.43. The van der Waals surface area contributed by atoms with Gasteiger partial charge in [0.05, 0.1) is 0 Å². The number of nitrogens with one attached hydrogen (secondary N) is 1. The van der Waals surface area contributed by atoms with Crippen LogP contribution < -0.4 is 5.32 Å². The van der Waals surface area contributed by atoms with E-state index in [0.29, 0.717) is 11.5 Å². The minimum absolute atomic E-state index is 0.177. The van der Waals surface area contributed by atoms with E-state index in [-0.39, 0.29) is 5.82 Å². The largest absolute Gasteiger partial charge is 0.314 e. The van der Waals surface area contributed by atoms with E-state index in [4.69, 9.17) is 0 Å². The molecule has 1 N–H and O–H groups in total. The van der Waals surface area contributed by atoms with Crippen molar-refractivity contribution in [3.63, 3.8) is 0 Å². The van der Waals surface area contributed by atoms with E-state index in [0.717, 1.165) is 18.7 Å². The Morgan fingerprint density at radius 2 is 2.21 bits per heavy atom. The standard InChI is InChI=1S/C12H12FN/c1-9-2-3-10(6-12(9)13)4-5-11-7-14-8-11/h2-3,6,11,14H,7-8H2,1H3. The van der Waals surface area contributed by atoms with Gasteiger partial charge in [0.2, 0.25) is 0 Å². The van der Waals surface area contributed by atoms with Crippen LogP contribution in [0.4, 0.5) is 4.39 Å². The van der Waals surface area contributed by atoms with Crippen molar-refractivity contribution in [3.8, 4) is 11.8 Å². The van der Waals surface area contributed by atoms with Gasteiger partial charge in [0.1, 0.15) is 5.82 Å². The minimum Gasteiger partial charge on any atom is -0.314 e. The highest BCUT2D eigenvalue weighted by Gasteiger charge is 2.12. The molecule has 1 aromatic rings. The third-order valence-corrected chi connectivity index (χ3v) is 2.37. The van der Waals surface area contributed by atoms with Crippen LogP contribution in [0.1, 0.15) is 11.1 Å². The fourth-order valence-corrected chi connectivity index (χ4v) is 1.25. The number of aryl methyl sites for hydroxylation is 1. The molecule has 0 saturated carbocycles. The Bertz CT molecular complexity index is 397. The van der Waals surface area contributed by atoms with Crippen LogP contribution in [0.15, 0.2) is 18.2 Å². The van der Waals surface area contributed by atoms with Crippen molar-refractivity contribution in [2.75, 3.05) is 13.1 Å². The molecule has 0 bridgehead atoms. The Kier molecular flexibility index (Phi) is 2.51. The van der Waals surface area contributed by atoms with Crippen molar-refractivity contribution in [1.29, 1.82) is 0 Å². The van der Waals surface area contributed by atoms with E-state index in [2.05, 4.69) is 17.2 Å². The molecule has 1 saturated heterocycles. The third kappa shape index (κ3) is 1.94. The molecule has 2 rings (SSSR count). The molecule has 0 spiro atoms. The number of halogens is 1. The quantitative estimate of drug-likeness (QED) is 0.612. The first-order valence-electron chi connectivity index (χ1n) is 4.74. The lowest BCUT2D eigenvalue weighted by molar-refractivity contribution is 0.432. The van der Waals surface area contributed by atoms with Gasteiger partial charge in [-0.15, -0.1) is 0 Å². The fraction of sp³-hybridized carbons (Fsp3) is 0.333. The van der Waals surface area contributed by atoms with Crippen LogP contribution >= 0.6 is 0 Å². The molecule has 0 amide bonds. The molecular formula is C12H12FN. The molecule has 0 unspecified atom stereocenters. The summed E-state index contributed by atoms with van der Waals surface area (Å²) in [5, 5.41) is 3.14. The maximum absolute atomic E-state index is 13.1. The number of rotatable bonds is 0. The topological polar surface area (TPSA) is 12.0 Å². The molecule has 0 radical (unpaired) electrons. The Labute approximate surface area is 83.3 Å². The second kappa shape index (κ2) is 3.81. The first-order chi connectivity index (χ1) is 6.75. The van der Waals surface area contributed by atoms with Gasteiger partial charge in [0, 0.05) is 24.6 Å². The molecule has 1 aliphatic rings. The van der Waals surface area contributed by atoms with Crippen molar-refractivity contribution < 1.29 is 4.39 Å². The zero-order valence-corrected chi connectivity index (χ0v) is 8.10. The van der Waals surface area contributed by atoms with Crippen LogP contribution in [-0.2, 0) is 0 Å². The summed E-state index contributed by atoms with van der Waals surface area (Å²) in [7, 11) is 0. The SMILES string of the molecule is Cc1ccc(C#CC2CNC2)cc1F. The number of hydrogen-bond donors (Lipinski definition) is 1. The summed E-state index contributed by atoms with van der Waals surface area (Å²) >= 11 is 0. The molecule has 2 heteroatoms. The lowest BCUT2D eigenvalue weighted by atomic mass is 10.0. The first-order valence-corrected chi connectivity index (χ1v) is 4.74. The monoisotopic (exact) mass is 189 g/mol. The van der Waals surface area contributed by atoms with Gasteiger partial charge in [0.25, 0.3) is 0 Å². The van der Waals surface area contributed by atoms with Crippen molar-refractivity contribution in [2.45, 2.75) is 6.92 Å². The Balaban J connectivity index is 2.14. The van der Waals surface area contributed by atoms with Crippen molar-refractivity contribution in [3.05, 3.63) is 35.1 Å². The molecule has 14 heavy (non-hydrogen) atoms. The Hall–Kier alpha value is -1.33. The molecule has 0 atom stereocenters. The van der Waals surface area contributed by atoms with Crippen LogP contribution in [0, 0.1) is 30.5 Å². The smallest absolute Gasteiger partial charge is 0.127 e. The molecule has 1 heterocycles. The highest BCUT2D eigenvalue weighted by Crippen LogP contribution is 2.08. The van der Waals surface area contributed by atoms with Crippen LogP contribution in [0.25, 0.3) is 0 Å². The lowest BCUT2D eigenvalue weighted by Crippen LogP contribution is -2.40. The van der Waals surface area contributed by atoms with E-state index < -0.39 is 0 Å². The van der Waals surface area contributed by atoms with E-state index in [1.165, 1.54) is 6.07 Å². The summed E-state index contributed by atoms with van der Waals surface area (Å²) < 4.78 is 13.1. The lowest BCUT2D eigenvalue weighted by Gasteiger charge is -2.21. The zero-order chi connectivity index (χ0) is 9.97. The van der Waals surface area contributed by atoms with Gasteiger partial charge in [-0.3, -0.25) is 0 Å². The molecule has 1 fully saturated rings. The summed E-state index contributed by atoms with van der Waals surface area (Å²) in [5.74, 6) is 6.35. The van der Waals surface area contributed by atoms with Gasteiger partial charge < -0.3 is 5.32 Å². The van der Waals surface area contributed by atoms with Crippen molar-refractivity contribution in [2.24, 2.45) is 5.92 Å². The van der Waals surface area contributed by atoms with Gasteiger partial charge in [-0.1, -0.05) is 17.9 Å². The molecule has 1 aromatic carbocycles. The fourth-order valence-electron chi connectivity index (χ4n) is 1.25. The van der Waals surface area contributed by atoms with Crippen LogP contribution in [0.3, 0.4) is 0 Å². The predicted molar refractivity (Wildman–Crippen MR) is 54.4 cm³/mol.